The number of unbranched alkanes of at least 4 members (excludes halogenated alkanes) is 6. The van der Waals surface area contributed by atoms with Gasteiger partial charge in [0.15, 0.2) is 0 Å². The average Bonchev–Trinajstić information content (AvgIpc) is 2.61. The van der Waals surface area contributed by atoms with Crippen molar-refractivity contribution in [3.05, 3.63) is 0 Å². The number of rotatable bonds is 16. The third-order valence-electron chi connectivity index (χ3n) is 5.07. The van der Waals surface area contributed by atoms with Gasteiger partial charge in [-0.05, 0) is 12.3 Å². The summed E-state index contributed by atoms with van der Waals surface area (Å²) in [6.07, 6.45) is 9.15. The Labute approximate surface area is 164 Å². The molecule has 6 nitrogen and oxygen atoms in total. The smallest absolute Gasteiger partial charge is 0.304 e. The van der Waals surface area contributed by atoms with Gasteiger partial charge in [0.05, 0.1) is 12.5 Å². The monoisotopic (exact) mass is 385 g/mol. The fraction of sp³-hybridized carbons (Fsp3) is 0.857. The van der Waals surface area contributed by atoms with E-state index in [-0.39, 0.29) is 36.9 Å². The van der Waals surface area contributed by atoms with Crippen LogP contribution < -0.4 is 5.32 Å². The molecule has 0 aromatic rings. The van der Waals surface area contributed by atoms with Crippen LogP contribution in [0.2, 0.25) is 0 Å². The van der Waals surface area contributed by atoms with Gasteiger partial charge < -0.3 is 15.2 Å². The number of carbonyl (C=O) groups excluding carboxylic acids is 2. The minimum atomic E-state index is -0.960. The Bertz CT molecular complexity index is 438. The molecule has 2 N–H and O–H groups in total. The molecule has 0 spiro atoms. The molecule has 0 radical (unpaired) electrons. The molecule has 0 unspecified atom stereocenters. The lowest BCUT2D eigenvalue weighted by Crippen LogP contribution is -2.45. The number of ether oxygens (including phenoxy) is 1. The molecule has 6 heteroatoms. The molecule has 0 fully saturated rings. The Morgan fingerprint density at radius 3 is 2.11 bits per heavy atom. The van der Waals surface area contributed by atoms with E-state index in [4.69, 9.17) is 9.84 Å². The van der Waals surface area contributed by atoms with Crippen LogP contribution in [-0.2, 0) is 19.1 Å². The van der Waals surface area contributed by atoms with E-state index >= 15 is 0 Å². The molecule has 0 bridgehead atoms. The van der Waals surface area contributed by atoms with Gasteiger partial charge in [-0.3, -0.25) is 14.4 Å². The zero-order valence-corrected chi connectivity index (χ0v) is 17.6. The van der Waals surface area contributed by atoms with Gasteiger partial charge in [0.2, 0.25) is 5.91 Å². The lowest BCUT2D eigenvalue weighted by molar-refractivity contribution is -0.143. The number of hydrogen-bond acceptors (Lipinski definition) is 4. The van der Waals surface area contributed by atoms with Crippen molar-refractivity contribution < 1.29 is 24.2 Å². The van der Waals surface area contributed by atoms with E-state index in [2.05, 4.69) is 12.2 Å². The highest BCUT2D eigenvalue weighted by Gasteiger charge is 2.26. The van der Waals surface area contributed by atoms with E-state index < -0.39 is 11.9 Å². The predicted molar refractivity (Wildman–Crippen MR) is 106 cm³/mol. The maximum atomic E-state index is 12.6. The van der Waals surface area contributed by atoms with Crippen molar-refractivity contribution in [2.75, 3.05) is 6.61 Å². The van der Waals surface area contributed by atoms with Crippen molar-refractivity contribution in [3.63, 3.8) is 0 Å². The first kappa shape index (κ1) is 25.4. The molecule has 3 atom stereocenters. The summed E-state index contributed by atoms with van der Waals surface area (Å²) < 4.78 is 5.06. The molecule has 27 heavy (non-hydrogen) atoms. The minimum absolute atomic E-state index is 0.118. The lowest BCUT2D eigenvalue weighted by atomic mass is 9.94. The first-order chi connectivity index (χ1) is 12.8. The third kappa shape index (κ3) is 13.3. The molecular weight excluding hydrogens is 346 g/mol. The van der Waals surface area contributed by atoms with Crippen molar-refractivity contribution >= 4 is 17.8 Å². The summed E-state index contributed by atoms with van der Waals surface area (Å²) in [4.78, 5) is 34.9. The van der Waals surface area contributed by atoms with Crippen LogP contribution in [0.4, 0.5) is 0 Å². The second-order valence-corrected chi connectivity index (χ2v) is 7.51. The van der Waals surface area contributed by atoms with E-state index in [1.807, 2.05) is 13.8 Å². The summed E-state index contributed by atoms with van der Waals surface area (Å²) in [6, 6.07) is -0.295. The minimum Gasteiger partial charge on any atom is -0.481 e. The number of carboxylic acid groups (broad SMARTS) is 1. The third-order valence-corrected chi connectivity index (χ3v) is 5.07. The number of esters is 1. The molecular formula is C21H39NO5. The summed E-state index contributed by atoms with van der Waals surface area (Å²) in [5, 5.41) is 12.1. The summed E-state index contributed by atoms with van der Waals surface area (Å²) in [5.74, 6) is -2.00. The number of aliphatic carboxylic acids is 1. The van der Waals surface area contributed by atoms with Gasteiger partial charge in [-0.25, -0.2) is 0 Å². The van der Waals surface area contributed by atoms with Crippen LogP contribution in [0, 0.1) is 11.8 Å². The molecule has 0 rings (SSSR count). The highest BCUT2D eigenvalue weighted by molar-refractivity contribution is 5.83. The van der Waals surface area contributed by atoms with Crippen LogP contribution in [0.15, 0.2) is 0 Å². The van der Waals surface area contributed by atoms with Crippen LogP contribution >= 0.6 is 0 Å². The Kier molecular flexibility index (Phi) is 14.6. The molecule has 0 aliphatic heterocycles. The van der Waals surface area contributed by atoms with Crippen molar-refractivity contribution in [1.82, 2.24) is 5.32 Å². The molecule has 0 aromatic heterocycles. The standard InChI is InChI=1S/C21H39NO5/c1-5-7-8-9-10-11-12-13-18(14-20(24)25)21(26)22-19(16(3)6-2)15-27-17(4)23/h16,18-19H,5-15H2,1-4H3,(H,22,26)(H,24,25)/t16-,18+,19+/m0/s1. The fourth-order valence-corrected chi connectivity index (χ4v) is 3.02. The van der Waals surface area contributed by atoms with E-state index in [0.717, 1.165) is 25.7 Å². The normalized spacial score (nSPS) is 14.2. The van der Waals surface area contributed by atoms with Crippen molar-refractivity contribution in [3.8, 4) is 0 Å². The van der Waals surface area contributed by atoms with Crippen LogP contribution in [0.25, 0.3) is 0 Å². The van der Waals surface area contributed by atoms with Gasteiger partial charge in [-0.1, -0.05) is 72.1 Å². The SMILES string of the molecule is CCCCCCCCC[C@H](CC(=O)O)C(=O)N[C@H](COC(C)=O)[C@@H](C)CC. The summed E-state index contributed by atoms with van der Waals surface area (Å²) >= 11 is 0. The molecule has 158 valence electrons. The van der Waals surface area contributed by atoms with Crippen molar-refractivity contribution in [1.29, 1.82) is 0 Å². The number of carbonyl (C=O) groups is 3. The van der Waals surface area contributed by atoms with Crippen molar-refractivity contribution in [2.45, 2.75) is 97.9 Å². The van der Waals surface area contributed by atoms with Gasteiger partial charge in [-0.2, -0.15) is 0 Å². The van der Waals surface area contributed by atoms with E-state index in [9.17, 15) is 14.4 Å². The zero-order chi connectivity index (χ0) is 20.7. The number of hydrogen-bond donors (Lipinski definition) is 2. The van der Waals surface area contributed by atoms with Crippen LogP contribution in [0.5, 0.6) is 0 Å². The number of amides is 1. The maximum Gasteiger partial charge on any atom is 0.304 e. The zero-order valence-electron chi connectivity index (χ0n) is 17.6. The molecule has 0 aromatic carbocycles. The quantitative estimate of drug-likeness (QED) is 0.305. The van der Waals surface area contributed by atoms with Gasteiger partial charge in [-0.15, -0.1) is 0 Å². The lowest BCUT2D eigenvalue weighted by Gasteiger charge is -2.26. The first-order valence-corrected chi connectivity index (χ1v) is 10.5. The average molecular weight is 386 g/mol. The van der Waals surface area contributed by atoms with E-state index in [0.29, 0.717) is 6.42 Å². The van der Waals surface area contributed by atoms with Gasteiger partial charge in [0.25, 0.3) is 0 Å². The van der Waals surface area contributed by atoms with E-state index in [1.165, 1.54) is 32.6 Å². The van der Waals surface area contributed by atoms with Crippen LogP contribution in [0.1, 0.15) is 91.9 Å². The molecule has 0 aliphatic rings. The highest BCUT2D eigenvalue weighted by atomic mass is 16.5. The Morgan fingerprint density at radius 2 is 1.59 bits per heavy atom. The molecule has 0 saturated carbocycles. The van der Waals surface area contributed by atoms with Gasteiger partial charge in [0, 0.05) is 12.8 Å². The molecule has 0 heterocycles. The van der Waals surface area contributed by atoms with Gasteiger partial charge in [0.1, 0.15) is 6.61 Å². The van der Waals surface area contributed by atoms with Crippen LogP contribution in [-0.4, -0.2) is 35.6 Å². The Hall–Kier alpha value is -1.59. The maximum absolute atomic E-state index is 12.6. The van der Waals surface area contributed by atoms with Crippen LogP contribution in [0.3, 0.4) is 0 Å². The van der Waals surface area contributed by atoms with Gasteiger partial charge >= 0.3 is 11.9 Å². The molecule has 1 amide bonds. The molecule has 0 saturated heterocycles. The summed E-state index contributed by atoms with van der Waals surface area (Å²) in [7, 11) is 0. The fourth-order valence-electron chi connectivity index (χ4n) is 3.02. The Balaban J connectivity index is 4.58. The molecule has 0 aliphatic carbocycles. The number of carboxylic acids is 1. The largest absolute Gasteiger partial charge is 0.481 e. The predicted octanol–water partition coefficient (Wildman–Crippen LogP) is 4.31. The second-order valence-electron chi connectivity index (χ2n) is 7.51. The second kappa shape index (κ2) is 15.5. The van der Waals surface area contributed by atoms with E-state index in [1.54, 1.807) is 0 Å². The summed E-state index contributed by atoms with van der Waals surface area (Å²) in [6.45, 7) is 7.63. The number of nitrogens with one attached hydrogen (secondary N) is 1. The van der Waals surface area contributed by atoms with Crippen molar-refractivity contribution in [2.24, 2.45) is 11.8 Å². The Morgan fingerprint density at radius 1 is 1.00 bits per heavy atom. The summed E-state index contributed by atoms with van der Waals surface area (Å²) in [5.41, 5.74) is 0. The highest BCUT2D eigenvalue weighted by Crippen LogP contribution is 2.18. The topological polar surface area (TPSA) is 92.7 Å². The first-order valence-electron chi connectivity index (χ1n) is 10.5.